The predicted octanol–water partition coefficient (Wildman–Crippen LogP) is 17.1. The van der Waals surface area contributed by atoms with E-state index in [1.807, 2.05) is 26.1 Å². The molecule has 10 aromatic rings. The molecule has 0 aliphatic heterocycles. The summed E-state index contributed by atoms with van der Waals surface area (Å²) < 4.78 is 18.1. The van der Waals surface area contributed by atoms with Crippen molar-refractivity contribution in [3.8, 4) is 89.7 Å². The fraction of sp³-hybridized carbons (Fsp3) is 0.156. The fourth-order valence-corrected chi connectivity index (χ4v) is 9.66. The van der Waals surface area contributed by atoms with E-state index < -0.39 is 5.89 Å². The Kier molecular flexibility index (Phi) is 11.4. The van der Waals surface area contributed by atoms with Gasteiger partial charge in [0.2, 0.25) is 0 Å². The Morgan fingerprint density at radius 3 is 1.76 bits per heavy atom. The molecule has 0 N–H and O–H groups in total. The lowest BCUT2D eigenvalue weighted by Gasteiger charge is -2.22. The van der Waals surface area contributed by atoms with Gasteiger partial charge in [-0.2, -0.15) is 0 Å². The number of aryl methyl sites for hydroxylation is 2. The normalized spacial score (nSPS) is 12.0. The lowest BCUT2D eigenvalue weighted by atomic mass is 9.83. The highest BCUT2D eigenvalue weighted by Crippen LogP contribution is 2.45. The molecule has 0 unspecified atom stereocenters. The van der Waals surface area contributed by atoms with Crippen molar-refractivity contribution in [1.82, 2.24) is 14.5 Å². The summed E-state index contributed by atoms with van der Waals surface area (Å²) in [6.45, 7) is 15.0. The van der Waals surface area contributed by atoms with Crippen LogP contribution in [0.4, 0.5) is 0 Å². The largest absolute Gasteiger partial charge is 0.496 e. The summed E-state index contributed by atoms with van der Waals surface area (Å²) in [5.41, 5.74) is 20.6. The average molecular weight is 885 g/mol. The Morgan fingerprint density at radius 1 is 0.529 bits per heavy atom. The number of rotatable bonds is 10. The number of nitrogens with zero attached hydrogens (tertiary/aromatic N) is 3. The van der Waals surface area contributed by atoms with Crippen molar-refractivity contribution in [2.45, 2.75) is 59.8 Å². The van der Waals surface area contributed by atoms with Crippen LogP contribution >= 0.6 is 0 Å². The molecule has 0 radical (unpaired) electrons. The molecule has 0 aliphatic carbocycles. The van der Waals surface area contributed by atoms with E-state index >= 15 is 0 Å². The number of aromatic nitrogens is 3. The zero-order valence-electron chi connectivity index (χ0n) is 41.2. The van der Waals surface area contributed by atoms with Crippen LogP contribution < -0.4 is 4.74 Å². The molecular weight excluding hydrogens is 827 g/mol. The molecule has 4 heteroatoms. The smallest absolute Gasteiger partial charge is 0.149 e. The van der Waals surface area contributed by atoms with Gasteiger partial charge in [-0.3, -0.25) is 9.55 Å². The maximum absolute atomic E-state index is 9.49. The molecule has 0 atom stereocenters. The zero-order chi connectivity index (χ0) is 48.0. The van der Waals surface area contributed by atoms with Crippen LogP contribution in [-0.4, -0.2) is 21.6 Å². The molecule has 0 fully saturated rings. The van der Waals surface area contributed by atoms with Crippen LogP contribution in [0.15, 0.2) is 194 Å². The quantitative estimate of drug-likeness (QED) is 0.137. The van der Waals surface area contributed by atoms with Gasteiger partial charge in [0.15, 0.2) is 0 Å². The summed E-state index contributed by atoms with van der Waals surface area (Å²) in [7, 11) is 1.75. The standard InChI is InChI=1S/C64H57N3O/c1-41(2)54-39-56(48-23-16-11-17-24-48)60(40-55(54)47-21-14-10-15-22-47)67-59-26-18-25-53(61(59)66-63(67)57-34-42(3)33-43(4)62(57)68-8)50-35-51(37-52(36-50)64(5,6)7)58-38-49(31-32-65-58)46-29-27-45(28-30-46)44-19-12-9-13-20-44/h9-41H,1-8H3/i41D. The van der Waals surface area contributed by atoms with Gasteiger partial charge >= 0.3 is 0 Å². The fourth-order valence-electron chi connectivity index (χ4n) is 9.66. The number of imidazole rings is 1. The molecular formula is C64H57N3O. The maximum Gasteiger partial charge on any atom is 0.149 e. The molecule has 2 heterocycles. The molecule has 0 amide bonds. The van der Waals surface area contributed by atoms with E-state index in [4.69, 9.17) is 14.7 Å². The third-order valence-electron chi connectivity index (χ3n) is 13.1. The molecule has 68 heavy (non-hydrogen) atoms. The molecule has 334 valence electrons. The van der Waals surface area contributed by atoms with Crippen molar-refractivity contribution in [2.24, 2.45) is 0 Å². The predicted molar refractivity (Wildman–Crippen MR) is 286 cm³/mol. The van der Waals surface area contributed by atoms with E-state index in [0.717, 1.165) is 106 Å². The van der Waals surface area contributed by atoms with E-state index in [0.29, 0.717) is 0 Å². The highest BCUT2D eigenvalue weighted by molar-refractivity contribution is 5.98. The number of pyridine rings is 1. The highest BCUT2D eigenvalue weighted by atomic mass is 16.5. The van der Waals surface area contributed by atoms with Gasteiger partial charge in [-0.05, 0) is 140 Å². The van der Waals surface area contributed by atoms with Crippen molar-refractivity contribution in [3.63, 3.8) is 0 Å². The maximum atomic E-state index is 9.49. The van der Waals surface area contributed by atoms with Crippen molar-refractivity contribution in [3.05, 3.63) is 217 Å². The van der Waals surface area contributed by atoms with Crippen LogP contribution in [-0.2, 0) is 5.41 Å². The summed E-state index contributed by atoms with van der Waals surface area (Å²) in [4.78, 5) is 10.7. The number of hydrogen-bond acceptors (Lipinski definition) is 3. The Bertz CT molecular complexity index is 3490. The van der Waals surface area contributed by atoms with E-state index in [9.17, 15) is 1.37 Å². The Balaban J connectivity index is 1.23. The highest BCUT2D eigenvalue weighted by Gasteiger charge is 2.26. The first-order valence-electron chi connectivity index (χ1n) is 24.0. The minimum absolute atomic E-state index is 0.160. The monoisotopic (exact) mass is 884 g/mol. The second-order valence-corrected chi connectivity index (χ2v) is 19.2. The van der Waals surface area contributed by atoms with Gasteiger partial charge in [-0.15, -0.1) is 0 Å². The van der Waals surface area contributed by atoms with Crippen molar-refractivity contribution in [1.29, 1.82) is 0 Å². The van der Waals surface area contributed by atoms with Crippen molar-refractivity contribution >= 4 is 11.0 Å². The van der Waals surface area contributed by atoms with E-state index in [1.165, 1.54) is 16.7 Å². The van der Waals surface area contributed by atoms with Gasteiger partial charge in [0.05, 0.1) is 35.1 Å². The molecule has 8 aromatic carbocycles. The van der Waals surface area contributed by atoms with E-state index in [1.54, 1.807) is 7.11 Å². The van der Waals surface area contributed by atoms with Crippen molar-refractivity contribution < 1.29 is 6.11 Å². The van der Waals surface area contributed by atoms with Gasteiger partial charge in [0.25, 0.3) is 0 Å². The van der Waals surface area contributed by atoms with Gasteiger partial charge in [-0.25, -0.2) is 4.98 Å². The summed E-state index contributed by atoms with van der Waals surface area (Å²) >= 11 is 0. The van der Waals surface area contributed by atoms with Crippen LogP contribution in [0.3, 0.4) is 0 Å². The van der Waals surface area contributed by atoms with Crippen LogP contribution in [0.25, 0.3) is 95.0 Å². The van der Waals surface area contributed by atoms with Gasteiger partial charge in [0, 0.05) is 24.3 Å². The lowest BCUT2D eigenvalue weighted by molar-refractivity contribution is 0.413. The number of ether oxygens (including phenoxy) is 1. The molecule has 4 nitrogen and oxygen atoms in total. The first kappa shape index (κ1) is 42.8. The zero-order valence-corrected chi connectivity index (χ0v) is 40.2. The second-order valence-electron chi connectivity index (χ2n) is 19.2. The molecule has 2 aromatic heterocycles. The third kappa shape index (κ3) is 8.43. The van der Waals surface area contributed by atoms with Crippen LogP contribution in [0, 0.1) is 13.8 Å². The Morgan fingerprint density at radius 2 is 1.13 bits per heavy atom. The number of hydrogen-bond donors (Lipinski definition) is 0. The second kappa shape index (κ2) is 18.1. The molecule has 0 bridgehead atoms. The van der Waals surface area contributed by atoms with Crippen LogP contribution in [0.2, 0.25) is 0 Å². The number of fused-ring (bicyclic) bond motifs is 1. The molecule has 0 saturated carbocycles. The molecule has 0 spiro atoms. The first-order chi connectivity index (χ1) is 33.2. The van der Waals surface area contributed by atoms with Gasteiger partial charge in [-0.1, -0.05) is 174 Å². The topological polar surface area (TPSA) is 39.9 Å². The minimum atomic E-state index is -0.895. The first-order valence-corrected chi connectivity index (χ1v) is 23.5. The Labute approximate surface area is 403 Å². The summed E-state index contributed by atoms with van der Waals surface area (Å²) in [5.74, 6) is 0.661. The van der Waals surface area contributed by atoms with Gasteiger partial charge < -0.3 is 4.74 Å². The molecule has 0 saturated heterocycles. The third-order valence-corrected chi connectivity index (χ3v) is 13.1. The summed E-state index contributed by atoms with van der Waals surface area (Å²) in [5, 5.41) is 0. The SMILES string of the molecule is [2H]C(C)(C)c1cc(-c2ccccc2)c(-n2c(-c3cc(C)cc(C)c3OC)nc3c(-c4cc(-c5cc(-c6ccc(-c7ccccc7)cc6)ccn5)cc(C(C)(C)C)c4)cccc32)cc1-c1ccccc1. The summed E-state index contributed by atoms with van der Waals surface area (Å²) in [6.07, 6.45) is 1.92. The van der Waals surface area contributed by atoms with Crippen LogP contribution in [0.1, 0.15) is 64.1 Å². The number of benzene rings is 8. The molecule has 0 aliphatic rings. The van der Waals surface area contributed by atoms with Crippen molar-refractivity contribution in [2.75, 3.05) is 7.11 Å². The lowest BCUT2D eigenvalue weighted by Crippen LogP contribution is -2.11. The number of para-hydroxylation sites is 1. The molecule has 10 rings (SSSR count). The van der Waals surface area contributed by atoms with E-state index in [2.05, 4.69) is 221 Å². The summed E-state index contributed by atoms with van der Waals surface area (Å²) in [6, 6.07) is 66.9. The minimum Gasteiger partial charge on any atom is -0.496 e. The average Bonchev–Trinajstić information content (AvgIpc) is 3.76. The van der Waals surface area contributed by atoms with Crippen LogP contribution in [0.5, 0.6) is 5.75 Å². The number of methoxy groups -OCH3 is 1. The van der Waals surface area contributed by atoms with Gasteiger partial charge in [0.1, 0.15) is 11.6 Å². The Hall–Kier alpha value is -7.82. The van der Waals surface area contributed by atoms with E-state index in [-0.39, 0.29) is 5.41 Å².